The summed E-state index contributed by atoms with van der Waals surface area (Å²) in [5.74, 6) is -0.545. The molecular formula is C28H30O3Sn. The molecule has 1 fully saturated rings. The van der Waals surface area contributed by atoms with E-state index in [1.165, 1.54) is 10.7 Å². The van der Waals surface area contributed by atoms with Crippen molar-refractivity contribution in [3.05, 3.63) is 101 Å². The van der Waals surface area contributed by atoms with Crippen LogP contribution in [-0.2, 0) is 14.3 Å². The van der Waals surface area contributed by atoms with Crippen molar-refractivity contribution < 1.29 is 14.3 Å². The molecule has 1 saturated heterocycles. The van der Waals surface area contributed by atoms with E-state index in [-0.39, 0.29) is 18.0 Å². The zero-order valence-electron chi connectivity index (χ0n) is 18.7. The van der Waals surface area contributed by atoms with E-state index in [0.29, 0.717) is 13.2 Å². The fraction of sp³-hybridized carbons (Fsp3) is 0.250. The summed E-state index contributed by atoms with van der Waals surface area (Å²) >= 11 is -3.62. The molecule has 0 aromatic heterocycles. The molecule has 164 valence electrons. The molecule has 4 rings (SSSR count). The standard InChI is InChI=1S/C10H15O3.3C6H5.Sn/c1-4-12-10(11)9-7(2)5-6-13-8(9)3;3*1-2-4-6-5-3-1;/h2,8-9H,4-6H2,1,3H3;3*1-5H;/t8-,9-;;;;/m0..../s1. The van der Waals surface area contributed by atoms with Gasteiger partial charge in [0.2, 0.25) is 0 Å². The molecule has 0 unspecified atom stereocenters. The number of carbonyl (C=O) groups is 1. The minimum atomic E-state index is -3.62. The van der Waals surface area contributed by atoms with Crippen LogP contribution in [0.1, 0.15) is 20.3 Å². The fourth-order valence-electron chi connectivity index (χ4n) is 4.78. The van der Waals surface area contributed by atoms with Crippen molar-refractivity contribution in [2.45, 2.75) is 26.4 Å². The van der Waals surface area contributed by atoms with Gasteiger partial charge in [-0.3, -0.25) is 0 Å². The Morgan fingerprint density at radius 2 is 1.38 bits per heavy atom. The Bertz CT molecular complexity index is 951. The Morgan fingerprint density at radius 3 is 1.81 bits per heavy atom. The summed E-state index contributed by atoms with van der Waals surface area (Å²) in [5, 5.41) is 0. The molecule has 1 heterocycles. The molecule has 3 aromatic carbocycles. The average Bonchev–Trinajstić information content (AvgIpc) is 2.84. The number of hydrogen-bond acceptors (Lipinski definition) is 3. The molecule has 0 radical (unpaired) electrons. The molecule has 0 N–H and O–H groups in total. The van der Waals surface area contributed by atoms with Gasteiger partial charge in [0.25, 0.3) is 0 Å². The predicted molar refractivity (Wildman–Crippen MR) is 132 cm³/mol. The summed E-state index contributed by atoms with van der Waals surface area (Å²) in [6.07, 6.45) is 0.555. The minimum absolute atomic E-state index is 0.180. The van der Waals surface area contributed by atoms with Crippen molar-refractivity contribution in [3.8, 4) is 0 Å². The topological polar surface area (TPSA) is 35.5 Å². The third-order valence-corrected chi connectivity index (χ3v) is 19.2. The summed E-state index contributed by atoms with van der Waals surface area (Å²) in [6, 6.07) is 32.5. The molecule has 3 aromatic rings. The van der Waals surface area contributed by atoms with Crippen LogP contribution in [0.3, 0.4) is 0 Å². The number of esters is 1. The molecule has 0 saturated carbocycles. The molecule has 1 aliphatic rings. The van der Waals surface area contributed by atoms with Gasteiger partial charge in [0.15, 0.2) is 0 Å². The molecule has 0 bridgehead atoms. The first kappa shape index (κ1) is 22.8. The van der Waals surface area contributed by atoms with Crippen LogP contribution < -0.4 is 10.7 Å². The van der Waals surface area contributed by atoms with Crippen molar-refractivity contribution in [1.29, 1.82) is 0 Å². The number of rotatable bonds is 6. The van der Waals surface area contributed by atoms with Crippen LogP contribution in [0.5, 0.6) is 0 Å². The first-order chi connectivity index (χ1) is 15.7. The molecule has 4 heteroatoms. The van der Waals surface area contributed by atoms with Gasteiger partial charge in [-0.1, -0.05) is 0 Å². The first-order valence-corrected chi connectivity index (χ1v) is 17.3. The van der Waals surface area contributed by atoms with Gasteiger partial charge in [0, 0.05) is 0 Å². The van der Waals surface area contributed by atoms with Crippen LogP contribution in [0.2, 0.25) is 0 Å². The molecule has 3 nitrogen and oxygen atoms in total. The van der Waals surface area contributed by atoms with E-state index >= 15 is 0 Å². The van der Waals surface area contributed by atoms with E-state index in [4.69, 9.17) is 9.47 Å². The van der Waals surface area contributed by atoms with Crippen LogP contribution in [0.25, 0.3) is 0 Å². The van der Waals surface area contributed by atoms with Gasteiger partial charge in [0.05, 0.1) is 0 Å². The third kappa shape index (κ3) is 4.55. The van der Waals surface area contributed by atoms with Gasteiger partial charge >= 0.3 is 196 Å². The van der Waals surface area contributed by atoms with E-state index in [0.717, 1.165) is 12.0 Å². The summed E-state index contributed by atoms with van der Waals surface area (Å²) < 4.78 is 18.0. The average molecular weight is 533 g/mol. The zero-order chi connectivity index (χ0) is 22.4. The van der Waals surface area contributed by atoms with E-state index in [1.54, 1.807) is 0 Å². The van der Waals surface area contributed by atoms with Gasteiger partial charge in [-0.15, -0.1) is 0 Å². The summed E-state index contributed by atoms with van der Waals surface area (Å²) in [6.45, 7) is 4.85. The Hall–Kier alpha value is -2.37. The Morgan fingerprint density at radius 1 is 0.906 bits per heavy atom. The van der Waals surface area contributed by atoms with Gasteiger partial charge in [-0.05, 0) is 0 Å². The quantitative estimate of drug-likeness (QED) is 0.359. The Balaban J connectivity index is 2.00. The SMILES string of the molecule is CCOC(=O)[C@H]1/C(=[CH]/[Sn]([c]2ccccc2)([c]2ccccc2)[c]2ccccc2)CCO[C@H]1C. The number of carbonyl (C=O) groups excluding carboxylic acids is 1. The van der Waals surface area contributed by atoms with E-state index in [2.05, 4.69) is 95.1 Å². The second kappa shape index (κ2) is 10.5. The summed E-state index contributed by atoms with van der Waals surface area (Å²) in [7, 11) is 0. The molecule has 1 aliphatic heterocycles. The molecular weight excluding hydrogens is 503 g/mol. The predicted octanol–water partition coefficient (Wildman–Crippen LogP) is 3.61. The van der Waals surface area contributed by atoms with E-state index in [1.807, 2.05) is 13.8 Å². The molecule has 0 spiro atoms. The van der Waals surface area contributed by atoms with Crippen LogP contribution in [0, 0.1) is 5.92 Å². The Kier molecular flexibility index (Phi) is 7.48. The van der Waals surface area contributed by atoms with Crippen molar-refractivity contribution >= 4 is 35.1 Å². The fourth-order valence-corrected chi connectivity index (χ4v) is 17.7. The second-order valence-electron chi connectivity index (χ2n) is 8.18. The summed E-state index contributed by atoms with van der Waals surface area (Å²) in [5.41, 5.74) is 1.16. The Labute approximate surface area is 195 Å². The van der Waals surface area contributed by atoms with E-state index < -0.39 is 18.4 Å². The first-order valence-electron chi connectivity index (χ1n) is 11.3. The normalized spacial score (nSPS) is 20.1. The van der Waals surface area contributed by atoms with Crippen LogP contribution in [-0.4, -0.2) is 43.7 Å². The van der Waals surface area contributed by atoms with Crippen molar-refractivity contribution in [3.63, 3.8) is 0 Å². The van der Waals surface area contributed by atoms with Crippen molar-refractivity contribution in [2.75, 3.05) is 13.2 Å². The second-order valence-corrected chi connectivity index (χ2v) is 18.6. The van der Waals surface area contributed by atoms with Crippen molar-refractivity contribution in [1.82, 2.24) is 0 Å². The van der Waals surface area contributed by atoms with Gasteiger partial charge < -0.3 is 0 Å². The third-order valence-electron chi connectivity index (χ3n) is 6.27. The number of hydrogen-bond donors (Lipinski definition) is 0. The van der Waals surface area contributed by atoms with Crippen LogP contribution >= 0.6 is 0 Å². The number of ether oxygens (including phenoxy) is 2. The zero-order valence-corrected chi connectivity index (χ0v) is 21.6. The molecule has 0 aliphatic carbocycles. The van der Waals surface area contributed by atoms with Crippen molar-refractivity contribution in [2.24, 2.45) is 5.92 Å². The van der Waals surface area contributed by atoms with Gasteiger partial charge in [-0.25, -0.2) is 0 Å². The molecule has 32 heavy (non-hydrogen) atoms. The molecule has 2 atom stereocenters. The van der Waals surface area contributed by atoms with E-state index in [9.17, 15) is 4.79 Å². The van der Waals surface area contributed by atoms with Crippen LogP contribution in [0.4, 0.5) is 0 Å². The monoisotopic (exact) mass is 534 g/mol. The van der Waals surface area contributed by atoms with Crippen LogP contribution in [0.15, 0.2) is 101 Å². The molecule has 0 amide bonds. The maximum atomic E-state index is 13.0. The summed E-state index contributed by atoms with van der Waals surface area (Å²) in [4.78, 5) is 13.0. The van der Waals surface area contributed by atoms with Gasteiger partial charge in [-0.2, -0.15) is 0 Å². The van der Waals surface area contributed by atoms with Gasteiger partial charge in [0.1, 0.15) is 0 Å². The number of benzene rings is 3. The maximum absolute atomic E-state index is 13.0.